The molecule has 0 radical (unpaired) electrons. The molecule has 0 atom stereocenters. The van der Waals surface area contributed by atoms with E-state index >= 15 is 0 Å². The Balaban J connectivity index is 1.36. The second-order valence-corrected chi connectivity index (χ2v) is 8.83. The maximum Gasteiger partial charge on any atom is 0.218 e. The van der Waals surface area contributed by atoms with Crippen LogP contribution in [0.4, 0.5) is 0 Å². The number of hydrogen-bond acceptors (Lipinski definition) is 5. The monoisotopic (exact) mass is 404 g/mol. The van der Waals surface area contributed by atoms with Crippen molar-refractivity contribution in [2.45, 2.75) is 12.2 Å². The van der Waals surface area contributed by atoms with E-state index in [0.717, 1.165) is 43.1 Å². The molecule has 0 unspecified atom stereocenters. The third kappa shape index (κ3) is 5.95. The molecular weight excluding hydrogens is 376 g/mol. The van der Waals surface area contributed by atoms with E-state index in [0.29, 0.717) is 19.7 Å². The predicted molar refractivity (Wildman–Crippen MR) is 110 cm³/mol. The molecule has 3 rings (SSSR count). The fourth-order valence-corrected chi connectivity index (χ4v) is 4.77. The molecule has 0 aromatic heterocycles. The zero-order chi connectivity index (χ0) is 19.8. The second kappa shape index (κ2) is 9.91. The van der Waals surface area contributed by atoms with Gasteiger partial charge in [0.1, 0.15) is 11.5 Å². The summed E-state index contributed by atoms with van der Waals surface area (Å²) in [5.74, 6) is 1.72. The maximum atomic E-state index is 12.6. The van der Waals surface area contributed by atoms with Crippen molar-refractivity contribution in [1.29, 1.82) is 0 Å². The van der Waals surface area contributed by atoms with Crippen LogP contribution in [0.15, 0.2) is 54.6 Å². The van der Waals surface area contributed by atoms with E-state index in [1.807, 2.05) is 54.6 Å². The van der Waals surface area contributed by atoms with E-state index in [-0.39, 0.29) is 5.75 Å². The minimum atomic E-state index is -3.26. The lowest BCUT2D eigenvalue weighted by Gasteiger charge is -2.34. The summed E-state index contributed by atoms with van der Waals surface area (Å²) in [7, 11) is -1.61. The molecule has 2 aromatic carbocycles. The molecule has 152 valence electrons. The minimum absolute atomic E-state index is 0.0730. The molecule has 0 saturated carbocycles. The Kier molecular flexibility index (Phi) is 7.30. The van der Waals surface area contributed by atoms with Crippen LogP contribution in [0.5, 0.6) is 11.5 Å². The van der Waals surface area contributed by atoms with E-state index in [4.69, 9.17) is 9.47 Å². The first-order chi connectivity index (χ1) is 13.6. The van der Waals surface area contributed by atoms with Crippen LogP contribution in [0.25, 0.3) is 0 Å². The summed E-state index contributed by atoms with van der Waals surface area (Å²) in [4.78, 5) is 2.30. The Morgan fingerprint density at radius 2 is 1.54 bits per heavy atom. The molecule has 1 fully saturated rings. The van der Waals surface area contributed by atoms with Gasteiger partial charge in [0.2, 0.25) is 10.0 Å². The van der Waals surface area contributed by atoms with Crippen LogP contribution >= 0.6 is 0 Å². The van der Waals surface area contributed by atoms with Gasteiger partial charge in [0.05, 0.1) is 19.5 Å². The van der Waals surface area contributed by atoms with Crippen molar-refractivity contribution in [3.05, 3.63) is 60.2 Å². The van der Waals surface area contributed by atoms with E-state index < -0.39 is 10.0 Å². The van der Waals surface area contributed by atoms with Crippen molar-refractivity contribution < 1.29 is 17.9 Å². The Labute approximate surface area is 167 Å². The van der Waals surface area contributed by atoms with Gasteiger partial charge in [0.25, 0.3) is 0 Å². The highest BCUT2D eigenvalue weighted by Crippen LogP contribution is 2.17. The average molecular weight is 405 g/mol. The quantitative estimate of drug-likeness (QED) is 0.602. The number of rotatable bonds is 9. The molecule has 0 aliphatic carbocycles. The summed E-state index contributed by atoms with van der Waals surface area (Å²) in [5, 5.41) is 0. The van der Waals surface area contributed by atoms with E-state index in [1.54, 1.807) is 11.4 Å². The zero-order valence-electron chi connectivity index (χ0n) is 16.3. The summed E-state index contributed by atoms with van der Waals surface area (Å²) in [6.45, 7) is 4.16. The molecule has 6 nitrogen and oxygen atoms in total. The molecule has 0 amide bonds. The number of nitrogens with zero attached hydrogens (tertiary/aromatic N) is 2. The van der Waals surface area contributed by atoms with Gasteiger partial charge in [-0.3, -0.25) is 0 Å². The number of hydrogen-bond donors (Lipinski definition) is 0. The molecule has 0 N–H and O–H groups in total. The van der Waals surface area contributed by atoms with Crippen molar-refractivity contribution in [3.8, 4) is 11.5 Å². The Morgan fingerprint density at radius 1 is 0.893 bits per heavy atom. The van der Waals surface area contributed by atoms with Gasteiger partial charge < -0.3 is 14.4 Å². The molecule has 0 bridgehead atoms. The van der Waals surface area contributed by atoms with Gasteiger partial charge in [-0.2, -0.15) is 4.31 Å². The number of methoxy groups -OCH3 is 1. The first kappa shape index (κ1) is 20.6. The molecule has 1 aliphatic rings. The van der Waals surface area contributed by atoms with E-state index in [1.165, 1.54) is 0 Å². The average Bonchev–Trinajstić information content (AvgIpc) is 2.72. The van der Waals surface area contributed by atoms with Crippen LogP contribution < -0.4 is 9.47 Å². The topological polar surface area (TPSA) is 59.1 Å². The maximum absolute atomic E-state index is 12.6. The predicted octanol–water partition coefficient (Wildman–Crippen LogP) is 2.61. The molecule has 28 heavy (non-hydrogen) atoms. The number of benzene rings is 2. The smallest absolute Gasteiger partial charge is 0.218 e. The zero-order valence-corrected chi connectivity index (χ0v) is 17.1. The lowest BCUT2D eigenvalue weighted by Crippen LogP contribution is -2.49. The minimum Gasteiger partial charge on any atom is -0.497 e. The summed E-state index contributed by atoms with van der Waals surface area (Å²) >= 11 is 0. The Bertz CT molecular complexity index is 817. The molecular formula is C21H28N2O4S. The van der Waals surface area contributed by atoms with Crippen LogP contribution in [0.3, 0.4) is 0 Å². The Morgan fingerprint density at radius 3 is 2.18 bits per heavy atom. The highest BCUT2D eigenvalue weighted by molar-refractivity contribution is 7.88. The molecule has 2 aromatic rings. The fraction of sp³-hybridized carbons (Fsp3) is 0.429. The molecule has 0 spiro atoms. The third-order valence-electron chi connectivity index (χ3n) is 4.86. The highest BCUT2D eigenvalue weighted by atomic mass is 32.2. The van der Waals surface area contributed by atoms with Gasteiger partial charge in [-0.25, -0.2) is 8.42 Å². The van der Waals surface area contributed by atoms with Crippen LogP contribution in [0.2, 0.25) is 0 Å². The summed E-state index contributed by atoms with van der Waals surface area (Å²) in [6, 6.07) is 16.9. The first-order valence-corrected chi connectivity index (χ1v) is 11.2. The van der Waals surface area contributed by atoms with Gasteiger partial charge in [-0.1, -0.05) is 30.3 Å². The van der Waals surface area contributed by atoms with Crippen molar-refractivity contribution in [3.63, 3.8) is 0 Å². The van der Waals surface area contributed by atoms with Gasteiger partial charge in [0.15, 0.2) is 0 Å². The van der Waals surface area contributed by atoms with Gasteiger partial charge in [-0.15, -0.1) is 0 Å². The first-order valence-electron chi connectivity index (χ1n) is 9.58. The van der Waals surface area contributed by atoms with Crippen molar-refractivity contribution in [1.82, 2.24) is 9.21 Å². The molecule has 7 heteroatoms. The van der Waals surface area contributed by atoms with Gasteiger partial charge >= 0.3 is 0 Å². The third-order valence-corrected chi connectivity index (χ3v) is 6.71. The summed E-state index contributed by atoms with van der Waals surface area (Å²) in [5.41, 5.74) is 0.834. The SMILES string of the molecule is COc1ccc(OCCCN2CCN(S(=O)(=O)Cc3ccccc3)CC2)cc1. The molecule has 1 aliphatic heterocycles. The normalized spacial score (nSPS) is 16.0. The standard InChI is InChI=1S/C21H28N2O4S/c1-26-20-8-10-21(11-9-20)27-17-5-12-22-13-15-23(16-14-22)28(24,25)18-19-6-3-2-4-7-19/h2-4,6-11H,5,12-18H2,1H3. The summed E-state index contributed by atoms with van der Waals surface area (Å²) < 4.78 is 37.7. The molecule has 1 saturated heterocycles. The van der Waals surface area contributed by atoms with Crippen LogP contribution in [0.1, 0.15) is 12.0 Å². The van der Waals surface area contributed by atoms with Crippen LogP contribution in [0, 0.1) is 0 Å². The van der Waals surface area contributed by atoms with Gasteiger partial charge in [0, 0.05) is 32.7 Å². The number of sulfonamides is 1. The van der Waals surface area contributed by atoms with Gasteiger partial charge in [-0.05, 0) is 36.2 Å². The number of ether oxygens (including phenoxy) is 2. The van der Waals surface area contributed by atoms with Crippen molar-refractivity contribution in [2.24, 2.45) is 0 Å². The largest absolute Gasteiger partial charge is 0.497 e. The number of piperazine rings is 1. The van der Waals surface area contributed by atoms with Crippen LogP contribution in [-0.2, 0) is 15.8 Å². The van der Waals surface area contributed by atoms with Crippen molar-refractivity contribution in [2.75, 3.05) is 46.4 Å². The van der Waals surface area contributed by atoms with E-state index in [2.05, 4.69) is 4.90 Å². The molecule has 1 heterocycles. The van der Waals surface area contributed by atoms with Crippen molar-refractivity contribution >= 4 is 10.0 Å². The second-order valence-electron chi connectivity index (χ2n) is 6.86. The highest BCUT2D eigenvalue weighted by Gasteiger charge is 2.26. The summed E-state index contributed by atoms with van der Waals surface area (Å²) in [6.07, 6.45) is 0.906. The lowest BCUT2D eigenvalue weighted by atomic mass is 10.2. The van der Waals surface area contributed by atoms with Crippen LogP contribution in [-0.4, -0.2) is 64.1 Å². The fourth-order valence-electron chi connectivity index (χ4n) is 3.26. The van der Waals surface area contributed by atoms with E-state index in [9.17, 15) is 8.42 Å². The Hall–Kier alpha value is -2.09. The lowest BCUT2D eigenvalue weighted by molar-refractivity contribution is 0.174.